The predicted octanol–water partition coefficient (Wildman–Crippen LogP) is -1.47. The smallest absolute Gasteiger partial charge is 0.394 e. The molecule has 1 aliphatic rings. The van der Waals surface area contributed by atoms with Gasteiger partial charge < -0.3 is 30.7 Å². The minimum Gasteiger partial charge on any atom is -0.394 e. The first kappa shape index (κ1) is 21.1. The van der Waals surface area contributed by atoms with Crippen LogP contribution in [-0.4, -0.2) is 69.9 Å². The van der Waals surface area contributed by atoms with Gasteiger partial charge >= 0.3 is 17.8 Å². The van der Waals surface area contributed by atoms with E-state index in [1.807, 2.05) is 0 Å². The molecule has 1 saturated heterocycles. The second-order valence-corrected chi connectivity index (χ2v) is 5.72. The number of carbonyl (C=O) groups excluding carboxylic acids is 1. The minimum atomic E-state index is -4.97. The van der Waals surface area contributed by atoms with E-state index >= 15 is 0 Å². The Kier molecular flexibility index (Phi) is 6.75. The molecule has 1 aromatic rings. The number of aliphatic hydroxyl groups excluding tert-OH is 2. The van der Waals surface area contributed by atoms with Crippen LogP contribution < -0.4 is 16.7 Å². The fraction of sp³-hybridized carbons (Fsp3) is 0.643. The van der Waals surface area contributed by atoms with E-state index in [9.17, 15) is 33.0 Å². The van der Waals surface area contributed by atoms with E-state index in [2.05, 4.69) is 4.98 Å². The van der Waals surface area contributed by atoms with Crippen molar-refractivity contribution in [2.24, 2.45) is 0 Å². The Labute approximate surface area is 150 Å². The van der Waals surface area contributed by atoms with Crippen LogP contribution in [0.25, 0.3) is 0 Å². The van der Waals surface area contributed by atoms with Gasteiger partial charge in [0.15, 0.2) is 6.23 Å². The van der Waals surface area contributed by atoms with Crippen LogP contribution in [0.2, 0.25) is 0 Å². The molecule has 1 aliphatic heterocycles. The molecule has 152 valence electrons. The van der Waals surface area contributed by atoms with Crippen molar-refractivity contribution in [1.82, 2.24) is 14.9 Å². The molecule has 13 heteroatoms. The summed E-state index contributed by atoms with van der Waals surface area (Å²) in [5, 5.41) is 21.4. The summed E-state index contributed by atoms with van der Waals surface area (Å²) >= 11 is 0. The molecular weight excluding hydrogens is 377 g/mol. The van der Waals surface area contributed by atoms with Gasteiger partial charge in [0.25, 0.3) is 0 Å². The molecule has 10 nitrogen and oxygen atoms in total. The number of nitrogens with one attached hydrogen (secondary N) is 1. The highest BCUT2D eigenvalue weighted by Gasteiger charge is 2.45. The van der Waals surface area contributed by atoms with Gasteiger partial charge in [-0.2, -0.15) is 18.2 Å². The number of hydrogen-bond acceptors (Lipinski definition) is 8. The lowest BCUT2D eigenvalue weighted by Crippen LogP contribution is -2.39. The second kappa shape index (κ2) is 8.65. The molecule has 4 atom stereocenters. The molecule has 0 saturated carbocycles. The average molecular weight is 396 g/mol. The molecule has 0 aliphatic carbocycles. The van der Waals surface area contributed by atoms with E-state index in [1.54, 1.807) is 5.32 Å². The number of carbonyl (C=O) groups is 1. The standard InChI is InChI=1S/C14H19F3N4O6/c15-14(16,17)12(24)19-3-1-5-26-10-7(6-22)27-11(9(10)23)21-4-2-8(18)20-13(21)25/h2,4,7,9-11,22-23H,1,3,5-6H2,(H,19,24)(H2,18,20,25)/t7-,9-,10-,11-/m1/s1. The molecule has 0 radical (unpaired) electrons. The van der Waals surface area contributed by atoms with Crippen molar-refractivity contribution in [2.75, 3.05) is 25.5 Å². The summed E-state index contributed by atoms with van der Waals surface area (Å²) in [5.74, 6) is -2.08. The SMILES string of the molecule is Nc1ccn([C@@H]2O[C@H](CO)[C@@H](OCCCNC(=O)C(F)(F)F)[C@H]2O)c(=O)n1. The summed E-state index contributed by atoms with van der Waals surface area (Å²) in [7, 11) is 0. The van der Waals surface area contributed by atoms with Crippen molar-refractivity contribution in [3.63, 3.8) is 0 Å². The van der Waals surface area contributed by atoms with Gasteiger partial charge in [-0.1, -0.05) is 0 Å². The van der Waals surface area contributed by atoms with Crippen molar-refractivity contribution in [2.45, 2.75) is 37.1 Å². The first-order chi connectivity index (χ1) is 12.6. The van der Waals surface area contributed by atoms with Crippen LogP contribution in [0.5, 0.6) is 0 Å². The number of aromatic nitrogens is 2. The summed E-state index contributed by atoms with van der Waals surface area (Å²) in [6.07, 6.45) is -8.22. The van der Waals surface area contributed by atoms with Gasteiger partial charge in [-0.25, -0.2) is 4.79 Å². The molecule has 1 amide bonds. The summed E-state index contributed by atoms with van der Waals surface area (Å²) in [5.41, 5.74) is 4.62. The van der Waals surface area contributed by atoms with Crippen LogP contribution in [0.4, 0.5) is 19.0 Å². The van der Waals surface area contributed by atoms with Gasteiger partial charge in [0.05, 0.1) is 6.61 Å². The van der Waals surface area contributed by atoms with Gasteiger partial charge in [-0.05, 0) is 12.5 Å². The lowest BCUT2D eigenvalue weighted by atomic mass is 10.1. The van der Waals surface area contributed by atoms with Crippen molar-refractivity contribution < 1.29 is 37.7 Å². The molecule has 0 unspecified atom stereocenters. The van der Waals surface area contributed by atoms with Crippen molar-refractivity contribution >= 4 is 11.7 Å². The van der Waals surface area contributed by atoms with Crippen LogP contribution >= 0.6 is 0 Å². The Morgan fingerprint density at radius 2 is 2.19 bits per heavy atom. The van der Waals surface area contributed by atoms with Gasteiger partial charge in [0.1, 0.15) is 24.1 Å². The zero-order valence-corrected chi connectivity index (χ0v) is 13.9. The Hall–Kier alpha value is -2.22. The highest BCUT2D eigenvalue weighted by Crippen LogP contribution is 2.30. The summed E-state index contributed by atoms with van der Waals surface area (Å²) in [6, 6.07) is 1.32. The first-order valence-electron chi connectivity index (χ1n) is 7.91. The Morgan fingerprint density at radius 1 is 1.48 bits per heavy atom. The fourth-order valence-corrected chi connectivity index (χ4v) is 2.52. The number of hydrogen-bond donors (Lipinski definition) is 4. The number of ether oxygens (including phenoxy) is 2. The van der Waals surface area contributed by atoms with Gasteiger partial charge in [0.2, 0.25) is 0 Å². The fourth-order valence-electron chi connectivity index (χ4n) is 2.52. The molecule has 0 spiro atoms. The Bertz CT molecular complexity index is 713. The number of nitrogens with two attached hydrogens (primary N) is 1. The Morgan fingerprint density at radius 3 is 2.78 bits per heavy atom. The Balaban J connectivity index is 1.91. The van der Waals surface area contributed by atoms with Crippen LogP contribution in [0.1, 0.15) is 12.6 Å². The number of rotatable bonds is 7. The van der Waals surface area contributed by atoms with Crippen LogP contribution in [0.15, 0.2) is 17.1 Å². The third-order valence-corrected chi connectivity index (χ3v) is 3.79. The van der Waals surface area contributed by atoms with E-state index in [-0.39, 0.29) is 25.4 Å². The second-order valence-electron chi connectivity index (χ2n) is 5.72. The monoisotopic (exact) mass is 396 g/mol. The summed E-state index contributed by atoms with van der Waals surface area (Å²) in [4.78, 5) is 26.0. The highest BCUT2D eigenvalue weighted by atomic mass is 19.4. The number of halogens is 3. The van der Waals surface area contributed by atoms with E-state index < -0.39 is 48.9 Å². The lowest BCUT2D eigenvalue weighted by molar-refractivity contribution is -0.173. The number of nitrogens with zero attached hydrogens (tertiary/aromatic N) is 2. The van der Waals surface area contributed by atoms with Gasteiger partial charge in [0, 0.05) is 19.3 Å². The highest BCUT2D eigenvalue weighted by molar-refractivity contribution is 5.81. The predicted molar refractivity (Wildman–Crippen MR) is 83.3 cm³/mol. The molecule has 2 rings (SSSR count). The van der Waals surface area contributed by atoms with Crippen LogP contribution in [0.3, 0.4) is 0 Å². The van der Waals surface area contributed by atoms with Crippen LogP contribution in [0, 0.1) is 0 Å². The maximum atomic E-state index is 12.1. The molecule has 27 heavy (non-hydrogen) atoms. The summed E-state index contributed by atoms with van der Waals surface area (Å²) in [6.45, 7) is -0.946. The summed E-state index contributed by atoms with van der Waals surface area (Å²) < 4.78 is 47.9. The zero-order chi connectivity index (χ0) is 20.2. The quantitative estimate of drug-likeness (QED) is 0.408. The molecular formula is C14H19F3N4O6. The number of alkyl halides is 3. The molecule has 1 fully saturated rings. The normalized spacial score (nSPS) is 25.5. The van der Waals surface area contributed by atoms with E-state index in [0.717, 1.165) is 4.57 Å². The molecule has 5 N–H and O–H groups in total. The topological polar surface area (TPSA) is 149 Å². The van der Waals surface area contributed by atoms with Gasteiger partial charge in [-0.3, -0.25) is 9.36 Å². The van der Waals surface area contributed by atoms with E-state index in [4.69, 9.17) is 15.2 Å². The largest absolute Gasteiger partial charge is 0.471 e. The number of nitrogen functional groups attached to an aromatic ring is 1. The lowest BCUT2D eigenvalue weighted by Gasteiger charge is -2.20. The van der Waals surface area contributed by atoms with Crippen molar-refractivity contribution in [1.29, 1.82) is 0 Å². The average Bonchev–Trinajstić information content (AvgIpc) is 2.89. The maximum Gasteiger partial charge on any atom is 0.471 e. The van der Waals surface area contributed by atoms with Crippen LogP contribution in [-0.2, 0) is 14.3 Å². The molecule has 1 aromatic heterocycles. The van der Waals surface area contributed by atoms with E-state index in [0.29, 0.717) is 0 Å². The van der Waals surface area contributed by atoms with Crippen molar-refractivity contribution in [3.05, 3.63) is 22.7 Å². The number of anilines is 1. The third-order valence-electron chi connectivity index (χ3n) is 3.79. The third kappa shape index (κ3) is 5.15. The first-order valence-corrected chi connectivity index (χ1v) is 7.91. The van der Waals surface area contributed by atoms with E-state index in [1.165, 1.54) is 12.3 Å². The van der Waals surface area contributed by atoms with Gasteiger partial charge in [-0.15, -0.1) is 0 Å². The molecule has 2 heterocycles. The molecule has 0 bridgehead atoms. The zero-order valence-electron chi connectivity index (χ0n) is 13.9. The minimum absolute atomic E-state index is 0.0175. The molecule has 0 aromatic carbocycles. The number of aliphatic hydroxyl groups is 2. The number of amides is 1. The van der Waals surface area contributed by atoms with Crippen molar-refractivity contribution in [3.8, 4) is 0 Å². The maximum absolute atomic E-state index is 12.1.